The van der Waals surface area contributed by atoms with Gasteiger partial charge in [0.15, 0.2) is 6.10 Å². The van der Waals surface area contributed by atoms with E-state index in [1.54, 1.807) is 48.7 Å². The summed E-state index contributed by atoms with van der Waals surface area (Å²) in [5.74, 6) is 0.103. The Kier molecular flexibility index (Phi) is 13.4. The van der Waals surface area contributed by atoms with Crippen LogP contribution in [-0.2, 0) is 25.5 Å². The largest absolute Gasteiger partial charge is 0.496 e. The van der Waals surface area contributed by atoms with Gasteiger partial charge in [-0.05, 0) is 103 Å². The Bertz CT molecular complexity index is 1090. The van der Waals surface area contributed by atoms with E-state index in [2.05, 4.69) is 25.7 Å². The number of hydrogen-bond donors (Lipinski definition) is 4. The minimum atomic E-state index is -1.59. The van der Waals surface area contributed by atoms with Crippen LogP contribution in [0.15, 0.2) is 11.1 Å². The van der Waals surface area contributed by atoms with E-state index in [0.29, 0.717) is 6.42 Å². The summed E-state index contributed by atoms with van der Waals surface area (Å²) in [5, 5.41) is 18.7. The van der Waals surface area contributed by atoms with Crippen molar-refractivity contribution in [3.8, 4) is 5.75 Å². The summed E-state index contributed by atoms with van der Waals surface area (Å²) < 4.78 is 20.7. The van der Waals surface area contributed by atoms with Crippen LogP contribution in [0.4, 0.5) is 9.59 Å². The molecule has 1 aromatic carbocycles. The number of rotatable bonds is 10. The molecule has 0 fully saturated rings. The van der Waals surface area contributed by atoms with Crippen molar-refractivity contribution in [1.29, 1.82) is 0 Å². The highest BCUT2D eigenvalue weighted by Gasteiger charge is 2.30. The van der Waals surface area contributed by atoms with E-state index in [1.165, 1.54) is 0 Å². The highest BCUT2D eigenvalue weighted by Crippen LogP contribution is 2.28. The highest BCUT2D eigenvalue weighted by atomic mass is 16.6. The molecule has 0 saturated heterocycles. The lowest BCUT2D eigenvalue weighted by Crippen LogP contribution is -2.49. The Morgan fingerprint density at radius 2 is 1.54 bits per heavy atom. The summed E-state index contributed by atoms with van der Waals surface area (Å²) in [5.41, 5.74) is 2.57. The number of carbonyl (C=O) groups excluding carboxylic acids is 3. The molecule has 2 amide bonds. The normalized spacial score (nSPS) is 13.5. The number of aliphatic imine (C=N–C) groups is 1. The maximum Gasteiger partial charge on any atom is 0.414 e. The molecular weight excluding hydrogens is 532 g/mol. The van der Waals surface area contributed by atoms with Crippen LogP contribution in [0, 0.1) is 20.8 Å². The predicted octanol–water partition coefficient (Wildman–Crippen LogP) is 3.80. The van der Waals surface area contributed by atoms with Crippen LogP contribution in [0.1, 0.15) is 76.6 Å². The monoisotopic (exact) mass is 580 g/mol. The van der Waals surface area contributed by atoms with Gasteiger partial charge in [-0.1, -0.05) is 0 Å². The minimum absolute atomic E-state index is 0.191. The molecule has 12 heteroatoms. The van der Waals surface area contributed by atoms with Gasteiger partial charge >= 0.3 is 18.2 Å². The number of methoxy groups -OCH3 is 2. The molecular formula is C29H48N4O8. The molecule has 0 radical (unpaired) electrons. The van der Waals surface area contributed by atoms with E-state index in [9.17, 15) is 19.5 Å². The van der Waals surface area contributed by atoms with Gasteiger partial charge in [0.2, 0.25) is 5.96 Å². The number of aliphatic hydroxyl groups excluding tert-OH is 1. The molecule has 41 heavy (non-hydrogen) atoms. The van der Waals surface area contributed by atoms with Gasteiger partial charge in [0, 0.05) is 6.54 Å². The Hall–Kier alpha value is -3.54. The summed E-state index contributed by atoms with van der Waals surface area (Å²) in [6.45, 7) is 16.9. The maximum atomic E-state index is 12.5. The number of aryl methyl sites for hydroxylation is 1. The first-order valence-electron chi connectivity index (χ1n) is 13.6. The highest BCUT2D eigenvalue weighted by molar-refractivity contribution is 5.94. The molecule has 1 rings (SSSR count). The van der Waals surface area contributed by atoms with Gasteiger partial charge in [-0.3, -0.25) is 5.32 Å². The molecule has 4 N–H and O–H groups in total. The fraction of sp³-hybridized carbons (Fsp3) is 0.655. The number of guanidine groups is 1. The van der Waals surface area contributed by atoms with Crippen molar-refractivity contribution in [2.24, 2.45) is 4.99 Å². The van der Waals surface area contributed by atoms with E-state index in [-0.39, 0.29) is 25.5 Å². The van der Waals surface area contributed by atoms with Gasteiger partial charge < -0.3 is 34.7 Å². The number of amides is 2. The first-order chi connectivity index (χ1) is 18.9. The summed E-state index contributed by atoms with van der Waals surface area (Å²) >= 11 is 0. The third kappa shape index (κ3) is 12.7. The summed E-state index contributed by atoms with van der Waals surface area (Å²) in [6, 6.07) is 0.984. The number of hydrogen-bond acceptors (Lipinski definition) is 9. The number of benzene rings is 1. The van der Waals surface area contributed by atoms with Crippen molar-refractivity contribution in [2.45, 2.75) is 105 Å². The van der Waals surface area contributed by atoms with E-state index in [0.717, 1.165) is 35.1 Å². The molecule has 0 aromatic heterocycles. The lowest BCUT2D eigenvalue weighted by Gasteiger charge is -2.25. The molecule has 232 valence electrons. The van der Waals surface area contributed by atoms with Gasteiger partial charge in [0.25, 0.3) is 0 Å². The van der Waals surface area contributed by atoms with Gasteiger partial charge in [-0.2, -0.15) is 0 Å². The van der Waals surface area contributed by atoms with Crippen molar-refractivity contribution in [3.63, 3.8) is 0 Å². The fourth-order valence-corrected chi connectivity index (χ4v) is 3.83. The second-order valence-electron chi connectivity index (χ2n) is 11.7. The van der Waals surface area contributed by atoms with E-state index >= 15 is 0 Å². The summed E-state index contributed by atoms with van der Waals surface area (Å²) in [7, 11) is 2.78. The zero-order valence-corrected chi connectivity index (χ0v) is 26.3. The second-order valence-corrected chi connectivity index (χ2v) is 11.7. The van der Waals surface area contributed by atoms with Crippen molar-refractivity contribution in [2.75, 3.05) is 20.8 Å². The smallest absolute Gasteiger partial charge is 0.414 e. The van der Waals surface area contributed by atoms with Crippen molar-refractivity contribution < 1.29 is 38.4 Å². The van der Waals surface area contributed by atoms with Crippen LogP contribution in [0.25, 0.3) is 0 Å². The van der Waals surface area contributed by atoms with E-state index in [1.807, 2.05) is 26.8 Å². The lowest BCUT2D eigenvalue weighted by atomic mass is 9.97. The van der Waals surface area contributed by atoms with E-state index < -0.39 is 41.5 Å². The van der Waals surface area contributed by atoms with Crippen molar-refractivity contribution in [3.05, 3.63) is 28.3 Å². The fourth-order valence-electron chi connectivity index (χ4n) is 3.83. The third-order valence-corrected chi connectivity index (χ3v) is 5.95. The molecule has 1 aromatic rings. The Morgan fingerprint density at radius 1 is 0.951 bits per heavy atom. The lowest BCUT2D eigenvalue weighted by molar-refractivity contribution is -0.152. The Labute approximate surface area is 243 Å². The zero-order valence-electron chi connectivity index (χ0n) is 26.3. The maximum absolute atomic E-state index is 12.5. The van der Waals surface area contributed by atoms with Crippen LogP contribution in [0.3, 0.4) is 0 Å². The van der Waals surface area contributed by atoms with Crippen molar-refractivity contribution in [1.82, 2.24) is 16.0 Å². The van der Waals surface area contributed by atoms with Crippen LogP contribution in [-0.4, -0.2) is 73.3 Å². The number of ether oxygens (including phenoxy) is 4. The topological polar surface area (TPSA) is 157 Å². The number of carbonyl (C=O) groups is 3. The number of nitrogens with zero attached hydrogens (tertiary/aromatic N) is 1. The summed E-state index contributed by atoms with van der Waals surface area (Å²) in [6.07, 6.45) is -2.47. The molecule has 0 heterocycles. The van der Waals surface area contributed by atoms with Gasteiger partial charge in [-0.15, -0.1) is 0 Å². The first kappa shape index (κ1) is 35.5. The molecule has 2 atom stereocenters. The second kappa shape index (κ2) is 15.5. The molecule has 1 unspecified atom stereocenters. The molecule has 0 aliphatic heterocycles. The first-order valence-corrected chi connectivity index (χ1v) is 13.6. The number of esters is 1. The minimum Gasteiger partial charge on any atom is -0.496 e. The van der Waals surface area contributed by atoms with Crippen LogP contribution in [0.2, 0.25) is 0 Å². The Morgan fingerprint density at radius 3 is 2.07 bits per heavy atom. The van der Waals surface area contributed by atoms with Gasteiger partial charge in [0.1, 0.15) is 17.0 Å². The van der Waals surface area contributed by atoms with E-state index in [4.69, 9.17) is 14.2 Å². The SMILES string of the molecule is COC(=O)C(O)[C@H](CCCNC(=NCc1c(C)cc(OC)c(C)c1C)NC(=O)OC(C)(C)C)NC(=O)OC(C)(C)C. The van der Waals surface area contributed by atoms with Crippen LogP contribution >= 0.6 is 0 Å². The van der Waals surface area contributed by atoms with Crippen LogP contribution < -0.4 is 20.7 Å². The van der Waals surface area contributed by atoms with Crippen molar-refractivity contribution >= 4 is 24.1 Å². The molecule has 0 spiro atoms. The predicted molar refractivity (Wildman–Crippen MR) is 156 cm³/mol. The molecule has 0 aliphatic carbocycles. The number of nitrogens with one attached hydrogen (secondary N) is 3. The van der Waals surface area contributed by atoms with Gasteiger partial charge in [-0.25, -0.2) is 19.4 Å². The third-order valence-electron chi connectivity index (χ3n) is 5.95. The van der Waals surface area contributed by atoms with Crippen LogP contribution in [0.5, 0.6) is 5.75 Å². The molecule has 12 nitrogen and oxygen atoms in total. The molecule has 0 aliphatic rings. The Balaban J connectivity index is 3.05. The number of alkyl carbamates (subject to hydrolysis) is 2. The van der Waals surface area contributed by atoms with Gasteiger partial charge in [0.05, 0.1) is 26.8 Å². The standard InChI is InChI=1S/C29H48N4O8/c1-17-15-22(38-10)19(3)18(2)20(17)16-31-25(33-27(37)41-29(7,8)9)30-14-12-13-21(23(34)24(35)39-11)32-26(36)40-28(4,5)6/h15,21,23,34H,12-14,16H2,1-11H3,(H,32,36)(H2,30,31,33,37)/t21-,23?/m0/s1. The molecule has 0 saturated carbocycles. The quantitative estimate of drug-likeness (QED) is 0.106. The average molecular weight is 581 g/mol. The zero-order chi connectivity index (χ0) is 31.5. The number of aliphatic hydroxyl groups is 1. The molecule has 0 bridgehead atoms. The average Bonchev–Trinajstić information content (AvgIpc) is 2.84. The summed E-state index contributed by atoms with van der Waals surface area (Å²) in [4.78, 5) is 41.4.